The van der Waals surface area contributed by atoms with Gasteiger partial charge in [0.2, 0.25) is 0 Å². The summed E-state index contributed by atoms with van der Waals surface area (Å²) >= 11 is 1.16. The van der Waals surface area contributed by atoms with Crippen molar-refractivity contribution in [3.8, 4) is 11.3 Å². The zero-order chi connectivity index (χ0) is 11.7. The summed E-state index contributed by atoms with van der Waals surface area (Å²) in [6.07, 6.45) is 0. The van der Waals surface area contributed by atoms with Crippen LogP contribution in [0.15, 0.2) is 23.6 Å². The molecule has 0 aliphatic heterocycles. The molecule has 16 heavy (non-hydrogen) atoms. The predicted octanol–water partition coefficient (Wildman–Crippen LogP) is 3.29. The Morgan fingerprint density at radius 2 is 1.88 bits per heavy atom. The molecular weight excluding hydrogens is 232 g/mol. The molecule has 2 nitrogen and oxygen atoms in total. The zero-order valence-corrected chi connectivity index (χ0v) is 9.15. The van der Waals surface area contributed by atoms with Crippen LogP contribution in [0.1, 0.15) is 16.7 Å². The maximum atomic E-state index is 12.9. The van der Waals surface area contributed by atoms with Crippen molar-refractivity contribution in [2.45, 2.75) is 6.92 Å². The van der Waals surface area contributed by atoms with E-state index in [0.29, 0.717) is 16.3 Å². The van der Waals surface area contributed by atoms with E-state index in [-0.39, 0.29) is 5.78 Å². The van der Waals surface area contributed by atoms with Gasteiger partial charge in [0, 0.05) is 23.9 Å². The van der Waals surface area contributed by atoms with Gasteiger partial charge in [-0.3, -0.25) is 4.79 Å². The third kappa shape index (κ3) is 2.14. The summed E-state index contributed by atoms with van der Waals surface area (Å²) in [7, 11) is 0. The van der Waals surface area contributed by atoms with Gasteiger partial charge >= 0.3 is 0 Å². The van der Waals surface area contributed by atoms with E-state index in [1.54, 1.807) is 5.38 Å². The molecule has 0 amide bonds. The van der Waals surface area contributed by atoms with Crippen LogP contribution in [0.2, 0.25) is 0 Å². The highest BCUT2D eigenvalue weighted by molar-refractivity contribution is 7.12. The number of hydrogen-bond acceptors (Lipinski definition) is 3. The molecule has 0 bridgehead atoms. The van der Waals surface area contributed by atoms with Crippen molar-refractivity contribution in [3.63, 3.8) is 0 Å². The van der Waals surface area contributed by atoms with Crippen molar-refractivity contribution in [2.75, 3.05) is 0 Å². The molecule has 1 aromatic heterocycles. The van der Waals surface area contributed by atoms with Crippen molar-refractivity contribution < 1.29 is 13.6 Å². The van der Waals surface area contributed by atoms with Crippen LogP contribution < -0.4 is 0 Å². The molecule has 0 N–H and O–H groups in total. The van der Waals surface area contributed by atoms with Crippen LogP contribution in [-0.4, -0.2) is 10.8 Å². The van der Waals surface area contributed by atoms with E-state index in [0.717, 1.165) is 17.4 Å². The zero-order valence-electron chi connectivity index (χ0n) is 8.33. The molecule has 0 aliphatic rings. The first-order chi connectivity index (χ1) is 7.56. The Balaban J connectivity index is 2.46. The third-order valence-electron chi connectivity index (χ3n) is 1.96. The minimum atomic E-state index is -0.660. The Morgan fingerprint density at radius 1 is 1.25 bits per heavy atom. The molecule has 0 aliphatic carbocycles. The Kier molecular flexibility index (Phi) is 2.78. The average Bonchev–Trinajstić information content (AvgIpc) is 2.64. The van der Waals surface area contributed by atoms with Crippen LogP contribution in [0.4, 0.5) is 8.78 Å². The van der Waals surface area contributed by atoms with Crippen LogP contribution in [0.25, 0.3) is 11.3 Å². The van der Waals surface area contributed by atoms with Crippen LogP contribution in [0.3, 0.4) is 0 Å². The Bertz CT molecular complexity index is 530. The van der Waals surface area contributed by atoms with Gasteiger partial charge < -0.3 is 0 Å². The first-order valence-electron chi connectivity index (χ1n) is 4.49. The SMILES string of the molecule is CC(=O)c1nc(-c2cc(F)cc(F)c2)cs1. The lowest BCUT2D eigenvalue weighted by atomic mass is 10.1. The van der Waals surface area contributed by atoms with E-state index in [1.807, 2.05) is 0 Å². The minimum absolute atomic E-state index is 0.159. The number of nitrogens with zero attached hydrogens (tertiary/aromatic N) is 1. The molecule has 2 aromatic rings. The molecule has 82 valence electrons. The Labute approximate surface area is 94.6 Å². The standard InChI is InChI=1S/C11H7F2NOS/c1-6(15)11-14-10(5-16-11)7-2-8(12)4-9(13)3-7/h2-5H,1H3. The van der Waals surface area contributed by atoms with Gasteiger partial charge in [0.15, 0.2) is 10.8 Å². The molecule has 0 saturated heterocycles. The minimum Gasteiger partial charge on any atom is -0.292 e. The average molecular weight is 239 g/mol. The molecule has 0 unspecified atom stereocenters. The summed E-state index contributed by atoms with van der Waals surface area (Å²) in [5.41, 5.74) is 0.745. The fourth-order valence-corrected chi connectivity index (χ4v) is 2.00. The Hall–Kier alpha value is -1.62. The predicted molar refractivity (Wildman–Crippen MR) is 57.5 cm³/mol. The van der Waals surface area contributed by atoms with Gasteiger partial charge in [-0.05, 0) is 12.1 Å². The van der Waals surface area contributed by atoms with E-state index in [1.165, 1.54) is 19.1 Å². The topological polar surface area (TPSA) is 30.0 Å². The smallest absolute Gasteiger partial charge is 0.188 e. The van der Waals surface area contributed by atoms with Crippen molar-refractivity contribution in [2.24, 2.45) is 0 Å². The fraction of sp³-hybridized carbons (Fsp3) is 0.0909. The number of halogens is 2. The molecule has 0 fully saturated rings. The van der Waals surface area contributed by atoms with Gasteiger partial charge in [0.05, 0.1) is 5.69 Å². The first-order valence-corrected chi connectivity index (χ1v) is 5.37. The van der Waals surface area contributed by atoms with E-state index in [2.05, 4.69) is 4.98 Å². The lowest BCUT2D eigenvalue weighted by Gasteiger charge is -1.97. The molecule has 0 atom stereocenters. The van der Waals surface area contributed by atoms with Gasteiger partial charge in [-0.15, -0.1) is 11.3 Å². The number of aromatic nitrogens is 1. The number of carbonyl (C=O) groups is 1. The quantitative estimate of drug-likeness (QED) is 0.753. The molecule has 0 saturated carbocycles. The van der Waals surface area contributed by atoms with E-state index >= 15 is 0 Å². The number of benzene rings is 1. The summed E-state index contributed by atoms with van der Waals surface area (Å²) in [5.74, 6) is -1.48. The van der Waals surface area contributed by atoms with E-state index < -0.39 is 11.6 Å². The molecule has 2 rings (SSSR count). The van der Waals surface area contributed by atoms with Gasteiger partial charge in [0.1, 0.15) is 11.6 Å². The van der Waals surface area contributed by atoms with Gasteiger partial charge in [-0.25, -0.2) is 13.8 Å². The monoisotopic (exact) mass is 239 g/mol. The molecule has 1 aromatic carbocycles. The van der Waals surface area contributed by atoms with Crippen LogP contribution in [-0.2, 0) is 0 Å². The lowest BCUT2D eigenvalue weighted by Crippen LogP contribution is -1.90. The molecule has 5 heteroatoms. The summed E-state index contributed by atoms with van der Waals surface area (Å²) < 4.78 is 25.9. The normalized spacial score (nSPS) is 10.4. The third-order valence-corrected chi connectivity index (χ3v) is 2.91. The molecule has 0 radical (unpaired) electrons. The molecular formula is C11H7F2NOS. The number of thiazole rings is 1. The van der Waals surface area contributed by atoms with E-state index in [9.17, 15) is 13.6 Å². The highest BCUT2D eigenvalue weighted by Gasteiger charge is 2.09. The maximum Gasteiger partial charge on any atom is 0.188 e. The molecule has 1 heterocycles. The van der Waals surface area contributed by atoms with Gasteiger partial charge in [0.25, 0.3) is 0 Å². The number of carbonyl (C=O) groups excluding carboxylic acids is 1. The van der Waals surface area contributed by atoms with Crippen molar-refractivity contribution >= 4 is 17.1 Å². The summed E-state index contributed by atoms with van der Waals surface area (Å²) in [5, 5.41) is 1.94. The van der Waals surface area contributed by atoms with Crippen LogP contribution >= 0.6 is 11.3 Å². The van der Waals surface area contributed by atoms with Gasteiger partial charge in [-0.1, -0.05) is 0 Å². The molecule has 0 spiro atoms. The Morgan fingerprint density at radius 3 is 2.38 bits per heavy atom. The second-order valence-corrected chi connectivity index (χ2v) is 4.11. The number of rotatable bonds is 2. The van der Waals surface area contributed by atoms with Gasteiger partial charge in [-0.2, -0.15) is 0 Å². The second-order valence-electron chi connectivity index (χ2n) is 3.25. The summed E-state index contributed by atoms with van der Waals surface area (Å²) in [6, 6.07) is 3.16. The van der Waals surface area contributed by atoms with Crippen molar-refractivity contribution in [1.29, 1.82) is 0 Å². The fourth-order valence-electron chi connectivity index (χ4n) is 1.27. The number of hydrogen-bond donors (Lipinski definition) is 0. The van der Waals surface area contributed by atoms with E-state index in [4.69, 9.17) is 0 Å². The lowest BCUT2D eigenvalue weighted by molar-refractivity contribution is 0.101. The van der Waals surface area contributed by atoms with Crippen LogP contribution in [0, 0.1) is 11.6 Å². The van der Waals surface area contributed by atoms with Crippen molar-refractivity contribution in [1.82, 2.24) is 4.98 Å². The second kappa shape index (κ2) is 4.09. The number of Topliss-reactive ketones (excluding diaryl/α,β-unsaturated/α-hetero) is 1. The summed E-state index contributed by atoms with van der Waals surface area (Å²) in [4.78, 5) is 15.0. The van der Waals surface area contributed by atoms with Crippen molar-refractivity contribution in [3.05, 3.63) is 40.2 Å². The highest BCUT2D eigenvalue weighted by atomic mass is 32.1. The largest absolute Gasteiger partial charge is 0.292 e. The number of ketones is 1. The highest BCUT2D eigenvalue weighted by Crippen LogP contribution is 2.23. The van der Waals surface area contributed by atoms with Crippen LogP contribution in [0.5, 0.6) is 0 Å². The first kappa shape index (κ1) is 10.9. The maximum absolute atomic E-state index is 12.9. The summed E-state index contributed by atoms with van der Waals surface area (Å²) in [6.45, 7) is 1.40.